The molecule has 38 heavy (non-hydrogen) atoms. The van der Waals surface area contributed by atoms with Crippen LogP contribution in [0.5, 0.6) is 23.0 Å². The normalized spacial score (nSPS) is 18.2. The first-order valence-corrected chi connectivity index (χ1v) is 12.7. The predicted octanol–water partition coefficient (Wildman–Crippen LogP) is 5.14. The number of hydrogen-bond acceptors (Lipinski definition) is 7. The van der Waals surface area contributed by atoms with Crippen molar-refractivity contribution in [2.75, 3.05) is 24.7 Å². The molecular formula is C30H29NO7. The zero-order chi connectivity index (χ0) is 26.8. The van der Waals surface area contributed by atoms with E-state index in [2.05, 4.69) is 0 Å². The highest BCUT2D eigenvalue weighted by Gasteiger charge is 2.47. The number of hydrogen-bond donors (Lipinski definition) is 2. The molecule has 1 unspecified atom stereocenters. The number of aromatic hydroxyl groups is 1. The number of carbonyl (C=O) groups excluding carboxylic acids is 2. The monoisotopic (exact) mass is 515 g/mol. The lowest BCUT2D eigenvalue weighted by molar-refractivity contribution is -0.132. The minimum atomic E-state index is -0.958. The second-order valence-corrected chi connectivity index (χ2v) is 9.03. The second-order valence-electron chi connectivity index (χ2n) is 9.03. The van der Waals surface area contributed by atoms with E-state index in [-0.39, 0.29) is 22.8 Å². The summed E-state index contributed by atoms with van der Waals surface area (Å²) in [5.41, 5.74) is 2.27. The Morgan fingerprint density at radius 1 is 1.00 bits per heavy atom. The van der Waals surface area contributed by atoms with Gasteiger partial charge in [0.25, 0.3) is 11.7 Å². The highest BCUT2D eigenvalue weighted by molar-refractivity contribution is 6.51. The van der Waals surface area contributed by atoms with Crippen molar-refractivity contribution in [1.82, 2.24) is 0 Å². The van der Waals surface area contributed by atoms with E-state index in [4.69, 9.17) is 14.2 Å². The number of benzene rings is 3. The minimum Gasteiger partial charge on any atom is -0.507 e. The summed E-state index contributed by atoms with van der Waals surface area (Å²) in [5.74, 6) is -0.324. The summed E-state index contributed by atoms with van der Waals surface area (Å²) in [5, 5.41) is 21.8. The van der Waals surface area contributed by atoms with Gasteiger partial charge in [0, 0.05) is 11.3 Å². The third-order valence-corrected chi connectivity index (χ3v) is 6.65. The van der Waals surface area contributed by atoms with Gasteiger partial charge in [0.1, 0.15) is 17.3 Å². The number of carbonyl (C=O) groups is 2. The van der Waals surface area contributed by atoms with Gasteiger partial charge in [-0.2, -0.15) is 0 Å². The fourth-order valence-corrected chi connectivity index (χ4v) is 4.92. The third kappa shape index (κ3) is 4.53. The van der Waals surface area contributed by atoms with Gasteiger partial charge >= 0.3 is 0 Å². The Bertz CT molecular complexity index is 1410. The summed E-state index contributed by atoms with van der Waals surface area (Å²) < 4.78 is 16.8. The Kier molecular flexibility index (Phi) is 6.96. The van der Waals surface area contributed by atoms with Gasteiger partial charge < -0.3 is 24.4 Å². The van der Waals surface area contributed by atoms with Crippen molar-refractivity contribution in [3.63, 3.8) is 0 Å². The average molecular weight is 516 g/mol. The van der Waals surface area contributed by atoms with Crippen molar-refractivity contribution in [3.05, 3.63) is 82.9 Å². The van der Waals surface area contributed by atoms with Crippen LogP contribution in [0.2, 0.25) is 0 Å². The third-order valence-electron chi connectivity index (χ3n) is 6.65. The maximum absolute atomic E-state index is 13.5. The van der Waals surface area contributed by atoms with Gasteiger partial charge in [0.05, 0.1) is 31.4 Å². The van der Waals surface area contributed by atoms with E-state index in [1.807, 2.05) is 6.92 Å². The Balaban J connectivity index is 1.67. The number of phenolic OH excluding ortho intramolecular Hbond substituents is 1. The van der Waals surface area contributed by atoms with E-state index < -0.39 is 17.7 Å². The highest BCUT2D eigenvalue weighted by atomic mass is 16.5. The number of ether oxygens (including phenoxy) is 3. The summed E-state index contributed by atoms with van der Waals surface area (Å²) in [4.78, 5) is 28.3. The lowest BCUT2D eigenvalue weighted by Crippen LogP contribution is -2.29. The van der Waals surface area contributed by atoms with Crippen molar-refractivity contribution >= 4 is 23.1 Å². The zero-order valence-electron chi connectivity index (χ0n) is 21.3. The molecule has 3 aromatic rings. The molecule has 0 aliphatic carbocycles. The maximum atomic E-state index is 13.5. The topological polar surface area (TPSA) is 106 Å². The lowest BCUT2D eigenvalue weighted by atomic mass is 9.93. The molecule has 1 fully saturated rings. The van der Waals surface area contributed by atoms with Crippen LogP contribution in [0.3, 0.4) is 0 Å². The fourth-order valence-electron chi connectivity index (χ4n) is 4.92. The maximum Gasteiger partial charge on any atom is 0.300 e. The van der Waals surface area contributed by atoms with Crippen LogP contribution in [0.25, 0.3) is 5.76 Å². The molecule has 0 radical (unpaired) electrons. The Hall–Kier alpha value is -4.46. The highest BCUT2D eigenvalue weighted by Crippen LogP contribution is 2.44. The molecule has 0 bridgehead atoms. The van der Waals surface area contributed by atoms with Gasteiger partial charge in [-0.1, -0.05) is 6.07 Å². The number of nitrogens with zero attached hydrogens (tertiary/aromatic N) is 1. The molecule has 2 N–H and O–H groups in total. The van der Waals surface area contributed by atoms with Crippen LogP contribution in [-0.4, -0.2) is 41.7 Å². The lowest BCUT2D eigenvalue weighted by Gasteiger charge is -2.26. The van der Waals surface area contributed by atoms with Crippen LogP contribution in [0, 0.1) is 0 Å². The number of aryl methyl sites for hydroxylation is 1. The van der Waals surface area contributed by atoms with Crippen molar-refractivity contribution < 1.29 is 34.0 Å². The molecule has 0 aromatic heterocycles. The van der Waals surface area contributed by atoms with Crippen molar-refractivity contribution in [2.45, 2.75) is 32.7 Å². The van der Waals surface area contributed by atoms with Crippen molar-refractivity contribution in [3.8, 4) is 23.0 Å². The molecule has 5 rings (SSSR count). The van der Waals surface area contributed by atoms with Gasteiger partial charge in [-0.25, -0.2) is 0 Å². The van der Waals surface area contributed by atoms with Gasteiger partial charge in [-0.05, 0) is 92.4 Å². The molecule has 1 amide bonds. The van der Waals surface area contributed by atoms with Crippen LogP contribution < -0.4 is 19.1 Å². The predicted molar refractivity (Wildman–Crippen MR) is 142 cm³/mol. The van der Waals surface area contributed by atoms with Crippen molar-refractivity contribution in [2.24, 2.45) is 0 Å². The van der Waals surface area contributed by atoms with E-state index >= 15 is 0 Å². The molecule has 8 nitrogen and oxygen atoms in total. The molecule has 3 aromatic carbocycles. The number of aliphatic hydroxyl groups excluding tert-OH is 1. The SMILES string of the molecule is CCOc1ccc(N2C(=O)C(=O)/C(=C(/O)c3ccc4c(c3)CCCO4)C2c2ccc(O)c(OCC)c2)cc1. The Morgan fingerprint density at radius 3 is 2.50 bits per heavy atom. The fraction of sp³-hybridized carbons (Fsp3) is 0.267. The average Bonchev–Trinajstić information content (AvgIpc) is 3.20. The number of fused-ring (bicyclic) bond motifs is 1. The summed E-state index contributed by atoms with van der Waals surface area (Å²) >= 11 is 0. The molecule has 1 saturated heterocycles. The van der Waals surface area contributed by atoms with Crippen LogP contribution >= 0.6 is 0 Å². The number of aliphatic hydroxyl groups is 1. The molecular weight excluding hydrogens is 486 g/mol. The van der Waals surface area contributed by atoms with Crippen LogP contribution in [-0.2, 0) is 16.0 Å². The molecule has 196 valence electrons. The van der Waals surface area contributed by atoms with Crippen LogP contribution in [0.1, 0.15) is 43.0 Å². The standard InChI is InChI=1S/C30H29NO7/c1-3-36-22-11-9-21(10-12-22)31-27(19-7-13-23(32)25(17-19)37-4-2)26(29(34)30(31)35)28(33)20-8-14-24-18(16-20)6-5-15-38-24/h7-14,16-17,27,32-33H,3-6,15H2,1-2H3/b28-26+. The van der Waals surface area contributed by atoms with E-state index in [0.29, 0.717) is 42.4 Å². The second kappa shape index (κ2) is 10.5. The summed E-state index contributed by atoms with van der Waals surface area (Å²) in [7, 11) is 0. The van der Waals surface area contributed by atoms with Crippen LogP contribution in [0.15, 0.2) is 66.2 Å². The summed E-state index contributed by atoms with van der Waals surface area (Å²) in [6.45, 7) is 5.10. The first kappa shape index (κ1) is 25.2. The van der Waals surface area contributed by atoms with E-state index in [1.165, 1.54) is 11.0 Å². The molecule has 0 saturated carbocycles. The van der Waals surface area contributed by atoms with Gasteiger partial charge in [-0.15, -0.1) is 0 Å². The minimum absolute atomic E-state index is 0.0475. The number of Topliss-reactive ketones (excluding diaryl/α,β-unsaturated/α-hetero) is 1. The first-order valence-electron chi connectivity index (χ1n) is 12.7. The molecule has 1 atom stereocenters. The Labute approximate surface area is 220 Å². The van der Waals surface area contributed by atoms with Crippen LogP contribution in [0.4, 0.5) is 5.69 Å². The summed E-state index contributed by atoms with van der Waals surface area (Å²) in [6, 6.07) is 15.8. The largest absolute Gasteiger partial charge is 0.507 e. The number of ketones is 1. The number of amides is 1. The molecule has 2 aliphatic rings. The van der Waals surface area contributed by atoms with E-state index in [1.54, 1.807) is 61.5 Å². The van der Waals surface area contributed by atoms with E-state index in [0.717, 1.165) is 24.2 Å². The number of anilines is 1. The summed E-state index contributed by atoms with van der Waals surface area (Å²) in [6.07, 6.45) is 1.64. The number of phenols is 1. The quantitative estimate of drug-likeness (QED) is 0.255. The molecule has 2 aliphatic heterocycles. The zero-order valence-corrected chi connectivity index (χ0v) is 21.3. The number of rotatable bonds is 7. The van der Waals surface area contributed by atoms with Crippen molar-refractivity contribution in [1.29, 1.82) is 0 Å². The first-order chi connectivity index (χ1) is 18.4. The van der Waals surface area contributed by atoms with Gasteiger partial charge in [-0.3, -0.25) is 14.5 Å². The molecule has 8 heteroatoms. The molecule has 0 spiro atoms. The molecule has 2 heterocycles. The smallest absolute Gasteiger partial charge is 0.300 e. The van der Waals surface area contributed by atoms with Gasteiger partial charge in [0.2, 0.25) is 0 Å². The van der Waals surface area contributed by atoms with Gasteiger partial charge in [0.15, 0.2) is 11.5 Å². The Morgan fingerprint density at radius 2 is 1.76 bits per heavy atom. The van der Waals surface area contributed by atoms with E-state index in [9.17, 15) is 19.8 Å².